The molecule has 154 valence electrons. The third-order valence-corrected chi connectivity index (χ3v) is 5.13. The topological polar surface area (TPSA) is 104 Å². The van der Waals surface area contributed by atoms with Gasteiger partial charge in [0.05, 0.1) is 23.1 Å². The van der Waals surface area contributed by atoms with E-state index in [0.29, 0.717) is 0 Å². The summed E-state index contributed by atoms with van der Waals surface area (Å²) in [5.74, 6) is -1.53. The second-order valence-electron chi connectivity index (χ2n) is 5.67. The van der Waals surface area contributed by atoms with Crippen LogP contribution in [0.2, 0.25) is 10.0 Å². The number of sulfone groups is 1. The normalized spacial score (nSPS) is 12.2. The van der Waals surface area contributed by atoms with Gasteiger partial charge in [-0.3, -0.25) is 0 Å². The molecule has 7 nitrogen and oxygen atoms in total. The number of carbonyl (C=O) groups is 1. The van der Waals surface area contributed by atoms with Crippen LogP contribution in [0.15, 0.2) is 17.0 Å². The van der Waals surface area contributed by atoms with Gasteiger partial charge in [0.25, 0.3) is 0 Å². The van der Waals surface area contributed by atoms with Gasteiger partial charge < -0.3 is 10.5 Å². The van der Waals surface area contributed by atoms with Crippen LogP contribution in [0.4, 0.5) is 19.0 Å². The van der Waals surface area contributed by atoms with E-state index in [0.717, 1.165) is 23.1 Å². The third-order valence-electron chi connectivity index (χ3n) is 3.41. The van der Waals surface area contributed by atoms with Crippen molar-refractivity contribution in [2.45, 2.75) is 24.4 Å². The smallest absolute Gasteiger partial charge is 0.393 e. The van der Waals surface area contributed by atoms with Crippen molar-refractivity contribution in [3.8, 4) is 5.69 Å². The molecule has 0 bridgehead atoms. The van der Waals surface area contributed by atoms with Gasteiger partial charge in [-0.1, -0.05) is 23.2 Å². The highest BCUT2D eigenvalue weighted by Crippen LogP contribution is 2.36. The minimum atomic E-state index is -4.49. The van der Waals surface area contributed by atoms with Crippen molar-refractivity contribution < 1.29 is 31.1 Å². The van der Waals surface area contributed by atoms with E-state index in [2.05, 4.69) is 5.10 Å². The highest BCUT2D eigenvalue weighted by Gasteiger charge is 2.32. The zero-order chi connectivity index (χ0) is 21.4. The average molecular weight is 460 g/mol. The molecular formula is C15H14Cl2F3N3O4S. The third kappa shape index (κ3) is 4.70. The van der Waals surface area contributed by atoms with Gasteiger partial charge in [0.15, 0.2) is 15.5 Å². The van der Waals surface area contributed by atoms with E-state index < -0.39 is 44.8 Å². The molecule has 0 atom stereocenters. The number of carbonyl (C=O) groups excluding carboxylic acids is 1. The molecule has 1 aromatic carbocycles. The first-order valence-corrected chi connectivity index (χ1v) is 10.2. The number of hydrogen-bond donors (Lipinski definition) is 1. The highest BCUT2D eigenvalue weighted by atomic mass is 35.5. The van der Waals surface area contributed by atoms with Crippen LogP contribution in [0.3, 0.4) is 0 Å². The van der Waals surface area contributed by atoms with E-state index >= 15 is 0 Å². The Labute approximate surface area is 168 Å². The van der Waals surface area contributed by atoms with E-state index in [4.69, 9.17) is 33.7 Å². The molecule has 13 heteroatoms. The van der Waals surface area contributed by atoms with Gasteiger partial charge >= 0.3 is 12.1 Å². The average Bonchev–Trinajstić information content (AvgIpc) is 2.82. The van der Waals surface area contributed by atoms with Crippen LogP contribution in [0.1, 0.15) is 23.0 Å². The van der Waals surface area contributed by atoms with Crippen molar-refractivity contribution in [1.29, 1.82) is 0 Å². The summed E-state index contributed by atoms with van der Waals surface area (Å²) in [6.07, 6.45) is -4.95. The first-order chi connectivity index (χ1) is 12.8. The fourth-order valence-electron chi connectivity index (χ4n) is 2.44. The zero-order valence-electron chi connectivity index (χ0n) is 14.5. The molecule has 0 saturated carbocycles. The SMILES string of the molecule is CCOC(=O)c1nn(-c2c(Cl)cc(CC(F)(F)F)cc2Cl)c(N)c1S(C)(=O)=O. The standard InChI is InChI=1S/C15H14Cl2F3N3O4S/c1-3-27-14(24)10-12(28(2,25)26)13(21)23(22-10)11-8(16)4-7(5-9(11)17)6-15(18,19)20/h4-5H,3,6,21H2,1-2H3. The summed E-state index contributed by atoms with van der Waals surface area (Å²) in [5, 5.41) is 3.30. The van der Waals surface area contributed by atoms with Crippen molar-refractivity contribution in [2.24, 2.45) is 0 Å². The summed E-state index contributed by atoms with van der Waals surface area (Å²) in [4.78, 5) is 11.5. The predicted molar refractivity (Wildman–Crippen MR) is 96.8 cm³/mol. The molecule has 0 radical (unpaired) electrons. The van der Waals surface area contributed by atoms with Gasteiger partial charge in [-0.2, -0.15) is 18.3 Å². The first-order valence-electron chi connectivity index (χ1n) is 7.57. The van der Waals surface area contributed by atoms with Crippen molar-refractivity contribution in [3.05, 3.63) is 33.4 Å². The summed E-state index contributed by atoms with van der Waals surface area (Å²) < 4.78 is 67.5. The van der Waals surface area contributed by atoms with E-state index in [1.54, 1.807) is 0 Å². The lowest BCUT2D eigenvalue weighted by atomic mass is 10.1. The van der Waals surface area contributed by atoms with Gasteiger partial charge in [-0.25, -0.2) is 17.9 Å². The fourth-order valence-corrected chi connectivity index (χ4v) is 4.07. The number of ether oxygens (including phenoxy) is 1. The highest BCUT2D eigenvalue weighted by molar-refractivity contribution is 7.91. The Bertz CT molecular complexity index is 1010. The molecule has 2 aromatic rings. The summed E-state index contributed by atoms with van der Waals surface area (Å²) in [5.41, 5.74) is 4.87. The van der Waals surface area contributed by atoms with E-state index in [1.807, 2.05) is 0 Å². The maximum Gasteiger partial charge on any atom is 0.393 e. The number of nitrogens with zero attached hydrogens (tertiary/aromatic N) is 2. The molecule has 0 spiro atoms. The Morgan fingerprint density at radius 2 is 1.82 bits per heavy atom. The number of hydrogen-bond acceptors (Lipinski definition) is 6. The number of esters is 1. The molecule has 0 aliphatic rings. The molecule has 2 rings (SSSR count). The molecule has 0 fully saturated rings. The van der Waals surface area contributed by atoms with Crippen LogP contribution in [-0.4, -0.2) is 43.2 Å². The van der Waals surface area contributed by atoms with Gasteiger partial charge in [-0.15, -0.1) is 0 Å². The summed E-state index contributed by atoms with van der Waals surface area (Å²) in [6, 6.07) is 2.00. The van der Waals surface area contributed by atoms with E-state index in [1.165, 1.54) is 6.92 Å². The molecule has 0 saturated heterocycles. The quantitative estimate of drug-likeness (QED) is 0.686. The molecule has 0 unspecified atom stereocenters. The van der Waals surface area contributed by atoms with Crippen LogP contribution >= 0.6 is 23.2 Å². The van der Waals surface area contributed by atoms with E-state index in [9.17, 15) is 26.4 Å². The van der Waals surface area contributed by atoms with Crippen molar-refractivity contribution in [1.82, 2.24) is 9.78 Å². The van der Waals surface area contributed by atoms with Crippen LogP contribution < -0.4 is 5.73 Å². The number of aromatic nitrogens is 2. The van der Waals surface area contributed by atoms with Crippen LogP contribution in [-0.2, 0) is 21.0 Å². The molecule has 28 heavy (non-hydrogen) atoms. The second kappa shape index (κ2) is 7.80. The van der Waals surface area contributed by atoms with Gasteiger partial charge in [0.2, 0.25) is 0 Å². The number of nitrogen functional groups attached to an aromatic ring is 1. The number of halogens is 5. The Morgan fingerprint density at radius 3 is 2.25 bits per heavy atom. The lowest BCUT2D eigenvalue weighted by Crippen LogP contribution is -2.12. The zero-order valence-corrected chi connectivity index (χ0v) is 16.8. The number of benzene rings is 1. The molecule has 0 aliphatic carbocycles. The maximum absolute atomic E-state index is 12.6. The summed E-state index contributed by atoms with van der Waals surface area (Å²) in [7, 11) is -4.02. The lowest BCUT2D eigenvalue weighted by molar-refractivity contribution is -0.127. The second-order valence-corrected chi connectivity index (χ2v) is 8.43. The minimum absolute atomic E-state index is 0.0531. The number of alkyl halides is 3. The Balaban J connectivity index is 2.71. The molecular weight excluding hydrogens is 446 g/mol. The molecule has 1 aromatic heterocycles. The Kier molecular flexibility index (Phi) is 6.22. The van der Waals surface area contributed by atoms with Crippen LogP contribution in [0, 0.1) is 0 Å². The molecule has 2 N–H and O–H groups in total. The number of rotatable bonds is 5. The van der Waals surface area contributed by atoms with Crippen molar-refractivity contribution in [3.63, 3.8) is 0 Å². The maximum atomic E-state index is 12.6. The molecule has 0 amide bonds. The lowest BCUT2D eigenvalue weighted by Gasteiger charge is -2.12. The number of anilines is 1. The monoisotopic (exact) mass is 459 g/mol. The van der Waals surface area contributed by atoms with E-state index in [-0.39, 0.29) is 27.9 Å². The predicted octanol–water partition coefficient (Wildman–Crippen LogP) is 3.45. The Morgan fingerprint density at radius 1 is 1.29 bits per heavy atom. The van der Waals surface area contributed by atoms with Crippen molar-refractivity contribution >= 4 is 44.8 Å². The molecule has 0 aliphatic heterocycles. The number of nitrogens with two attached hydrogens (primary N) is 1. The first kappa shape index (κ1) is 22.3. The van der Waals surface area contributed by atoms with Crippen LogP contribution in [0.5, 0.6) is 0 Å². The largest absolute Gasteiger partial charge is 0.461 e. The van der Waals surface area contributed by atoms with Crippen LogP contribution in [0.25, 0.3) is 5.69 Å². The van der Waals surface area contributed by atoms with Gasteiger partial charge in [-0.05, 0) is 24.6 Å². The molecule has 1 heterocycles. The summed E-state index contributed by atoms with van der Waals surface area (Å²) in [6.45, 7) is 1.45. The summed E-state index contributed by atoms with van der Waals surface area (Å²) >= 11 is 12.1. The Hall–Kier alpha value is -1.98. The fraction of sp³-hybridized carbons (Fsp3) is 0.333. The van der Waals surface area contributed by atoms with Gasteiger partial charge in [0.1, 0.15) is 16.4 Å². The minimum Gasteiger partial charge on any atom is -0.461 e. The van der Waals surface area contributed by atoms with Gasteiger partial charge in [0, 0.05) is 6.26 Å². The van der Waals surface area contributed by atoms with Crippen molar-refractivity contribution in [2.75, 3.05) is 18.6 Å².